The number of nitrogens with zero attached hydrogens (tertiary/aromatic N) is 4. The number of nitrogen functional groups attached to an aromatic ring is 1. The van der Waals surface area contributed by atoms with E-state index in [2.05, 4.69) is 19.8 Å². The molecule has 0 bridgehead atoms. The molecule has 0 aliphatic carbocycles. The van der Waals surface area contributed by atoms with Gasteiger partial charge in [-0.3, -0.25) is 14.7 Å². The van der Waals surface area contributed by atoms with Crippen LogP contribution in [0.3, 0.4) is 0 Å². The van der Waals surface area contributed by atoms with Crippen molar-refractivity contribution in [2.24, 2.45) is 5.92 Å². The van der Waals surface area contributed by atoms with E-state index >= 15 is 0 Å². The number of hydrogen-bond acceptors (Lipinski definition) is 6. The molecule has 1 amide bonds. The highest BCUT2D eigenvalue weighted by Crippen LogP contribution is 2.21. The Kier molecular flexibility index (Phi) is 6.58. The molecule has 2 N–H and O–H groups in total. The van der Waals surface area contributed by atoms with Crippen LogP contribution in [0.25, 0.3) is 0 Å². The molecule has 2 aliphatic rings. The summed E-state index contributed by atoms with van der Waals surface area (Å²) in [6, 6.07) is 0. The number of morpholine rings is 1. The number of likely N-dealkylation sites (tertiary alicyclic amines) is 1. The van der Waals surface area contributed by atoms with Crippen LogP contribution in [-0.4, -0.2) is 71.6 Å². The van der Waals surface area contributed by atoms with Crippen molar-refractivity contribution < 1.29 is 9.53 Å². The molecule has 1 aromatic heterocycles. The molecule has 7 nitrogen and oxygen atoms in total. The second-order valence-corrected chi connectivity index (χ2v) is 7.02. The number of aromatic nitrogens is 2. The number of anilines is 1. The molecular weight excluding hydrogens is 318 g/mol. The maximum Gasteiger partial charge on any atom is 0.223 e. The first-order chi connectivity index (χ1) is 12.2. The van der Waals surface area contributed by atoms with Gasteiger partial charge in [-0.25, -0.2) is 4.98 Å². The second kappa shape index (κ2) is 9.10. The Hall–Kier alpha value is -1.73. The molecule has 0 spiro atoms. The lowest BCUT2D eigenvalue weighted by atomic mass is 9.95. The lowest BCUT2D eigenvalue weighted by molar-refractivity contribution is -0.131. The molecule has 0 aromatic carbocycles. The van der Waals surface area contributed by atoms with Crippen LogP contribution >= 0.6 is 0 Å². The fourth-order valence-corrected chi connectivity index (χ4v) is 3.62. The molecule has 2 saturated heterocycles. The first-order valence-corrected chi connectivity index (χ1v) is 9.35. The third-order valence-corrected chi connectivity index (χ3v) is 5.17. The van der Waals surface area contributed by atoms with E-state index in [4.69, 9.17) is 10.5 Å². The summed E-state index contributed by atoms with van der Waals surface area (Å²) in [7, 11) is 0. The van der Waals surface area contributed by atoms with Gasteiger partial charge in [0.05, 0.1) is 31.3 Å². The number of hydrogen-bond donors (Lipinski definition) is 1. The Balaban J connectivity index is 1.42. The molecule has 138 valence electrons. The molecule has 2 fully saturated rings. The Bertz CT molecular complexity index is 545. The van der Waals surface area contributed by atoms with Gasteiger partial charge < -0.3 is 15.4 Å². The van der Waals surface area contributed by atoms with Gasteiger partial charge in [0, 0.05) is 39.1 Å². The minimum atomic E-state index is 0.291. The predicted molar refractivity (Wildman–Crippen MR) is 95.9 cm³/mol. The highest BCUT2D eigenvalue weighted by molar-refractivity contribution is 5.76. The van der Waals surface area contributed by atoms with Crippen molar-refractivity contribution in [3.63, 3.8) is 0 Å². The van der Waals surface area contributed by atoms with Crippen molar-refractivity contribution in [2.75, 3.05) is 51.7 Å². The summed E-state index contributed by atoms with van der Waals surface area (Å²) >= 11 is 0. The fourth-order valence-electron chi connectivity index (χ4n) is 3.62. The van der Waals surface area contributed by atoms with Gasteiger partial charge in [0.1, 0.15) is 5.82 Å². The van der Waals surface area contributed by atoms with Gasteiger partial charge in [-0.1, -0.05) is 0 Å². The molecule has 7 heteroatoms. The Morgan fingerprint density at radius 3 is 2.76 bits per heavy atom. The van der Waals surface area contributed by atoms with E-state index in [1.807, 2.05) is 0 Å². The van der Waals surface area contributed by atoms with Crippen molar-refractivity contribution in [1.29, 1.82) is 0 Å². The van der Waals surface area contributed by atoms with Gasteiger partial charge in [-0.05, 0) is 31.6 Å². The highest BCUT2D eigenvalue weighted by Gasteiger charge is 2.22. The van der Waals surface area contributed by atoms with Gasteiger partial charge in [0.25, 0.3) is 0 Å². The van der Waals surface area contributed by atoms with Crippen LogP contribution in [0.1, 0.15) is 31.4 Å². The molecule has 0 saturated carbocycles. The lowest BCUT2D eigenvalue weighted by Gasteiger charge is -2.27. The van der Waals surface area contributed by atoms with E-state index in [0.29, 0.717) is 24.1 Å². The van der Waals surface area contributed by atoms with Crippen LogP contribution < -0.4 is 5.73 Å². The maximum absolute atomic E-state index is 12.5. The SMILES string of the molecule is Nc1cnc(CC2CCCN(C(=O)CCN3CCOCC3)CC2)cn1. The molecule has 0 radical (unpaired) electrons. The molecule has 1 aromatic rings. The van der Waals surface area contributed by atoms with Gasteiger partial charge in [-0.15, -0.1) is 0 Å². The molecule has 1 atom stereocenters. The van der Waals surface area contributed by atoms with Crippen LogP contribution in [0.4, 0.5) is 5.82 Å². The number of carbonyl (C=O) groups excluding carboxylic acids is 1. The lowest BCUT2D eigenvalue weighted by Crippen LogP contribution is -2.40. The minimum absolute atomic E-state index is 0.291. The zero-order valence-corrected chi connectivity index (χ0v) is 14.9. The van der Waals surface area contributed by atoms with E-state index in [-0.39, 0.29) is 0 Å². The Morgan fingerprint density at radius 2 is 2.00 bits per heavy atom. The molecule has 1 unspecified atom stereocenters. The monoisotopic (exact) mass is 347 g/mol. The molecule has 3 rings (SSSR count). The summed E-state index contributed by atoms with van der Waals surface area (Å²) in [5.41, 5.74) is 6.58. The first kappa shape index (κ1) is 18.1. The van der Waals surface area contributed by atoms with Crippen molar-refractivity contribution in [3.05, 3.63) is 18.1 Å². The Morgan fingerprint density at radius 1 is 1.16 bits per heavy atom. The minimum Gasteiger partial charge on any atom is -0.382 e. The fraction of sp³-hybridized carbons (Fsp3) is 0.722. The van der Waals surface area contributed by atoms with Gasteiger partial charge in [0.15, 0.2) is 0 Å². The van der Waals surface area contributed by atoms with E-state index in [1.165, 1.54) is 0 Å². The normalized spacial score (nSPS) is 22.6. The van der Waals surface area contributed by atoms with E-state index in [9.17, 15) is 4.79 Å². The molecule has 2 aliphatic heterocycles. The topological polar surface area (TPSA) is 84.6 Å². The number of amides is 1. The summed E-state index contributed by atoms with van der Waals surface area (Å²) in [6.45, 7) is 6.04. The quantitative estimate of drug-likeness (QED) is 0.854. The van der Waals surface area contributed by atoms with E-state index in [0.717, 1.165) is 77.3 Å². The van der Waals surface area contributed by atoms with E-state index < -0.39 is 0 Å². The summed E-state index contributed by atoms with van der Waals surface area (Å²) in [4.78, 5) is 25.4. The van der Waals surface area contributed by atoms with Crippen LogP contribution in [0.2, 0.25) is 0 Å². The van der Waals surface area contributed by atoms with Crippen molar-refractivity contribution in [1.82, 2.24) is 19.8 Å². The summed E-state index contributed by atoms with van der Waals surface area (Å²) in [5.74, 6) is 1.32. The Labute approximate surface area is 149 Å². The van der Waals surface area contributed by atoms with Crippen LogP contribution in [0, 0.1) is 5.92 Å². The molecular formula is C18H29N5O2. The predicted octanol–water partition coefficient (Wildman–Crippen LogP) is 0.952. The zero-order valence-electron chi connectivity index (χ0n) is 14.9. The standard InChI is InChI=1S/C18H29N5O2/c19-17-14-20-16(13-21-17)12-15-2-1-5-23(7-3-15)18(24)4-6-22-8-10-25-11-9-22/h13-15H,1-12H2,(H2,19,21). The summed E-state index contributed by atoms with van der Waals surface area (Å²) in [6.07, 6.45) is 8.17. The highest BCUT2D eigenvalue weighted by atomic mass is 16.5. The molecule has 3 heterocycles. The van der Waals surface area contributed by atoms with Crippen molar-refractivity contribution >= 4 is 11.7 Å². The van der Waals surface area contributed by atoms with Gasteiger partial charge in [0.2, 0.25) is 5.91 Å². The van der Waals surface area contributed by atoms with Crippen molar-refractivity contribution in [2.45, 2.75) is 32.1 Å². The van der Waals surface area contributed by atoms with Crippen molar-refractivity contribution in [3.8, 4) is 0 Å². The summed E-state index contributed by atoms with van der Waals surface area (Å²) in [5, 5.41) is 0. The number of nitrogens with two attached hydrogens (primary N) is 1. The van der Waals surface area contributed by atoms with Crippen LogP contribution in [0.15, 0.2) is 12.4 Å². The van der Waals surface area contributed by atoms with Crippen LogP contribution in [-0.2, 0) is 16.0 Å². The van der Waals surface area contributed by atoms with Crippen LogP contribution in [0.5, 0.6) is 0 Å². The third kappa shape index (κ3) is 5.64. The largest absolute Gasteiger partial charge is 0.382 e. The third-order valence-electron chi connectivity index (χ3n) is 5.17. The zero-order chi connectivity index (χ0) is 17.5. The second-order valence-electron chi connectivity index (χ2n) is 7.02. The number of ether oxygens (including phenoxy) is 1. The maximum atomic E-state index is 12.5. The first-order valence-electron chi connectivity index (χ1n) is 9.35. The van der Waals surface area contributed by atoms with Gasteiger partial charge in [-0.2, -0.15) is 0 Å². The average molecular weight is 347 g/mol. The van der Waals surface area contributed by atoms with Gasteiger partial charge >= 0.3 is 0 Å². The number of rotatable bonds is 5. The number of carbonyl (C=O) groups is 1. The molecule has 25 heavy (non-hydrogen) atoms. The van der Waals surface area contributed by atoms with E-state index in [1.54, 1.807) is 12.4 Å². The summed E-state index contributed by atoms with van der Waals surface area (Å²) < 4.78 is 5.35. The average Bonchev–Trinajstić information content (AvgIpc) is 2.88. The smallest absolute Gasteiger partial charge is 0.223 e.